The molecule has 0 unspecified atom stereocenters. The predicted molar refractivity (Wildman–Crippen MR) is 74.9 cm³/mol. The van der Waals surface area contributed by atoms with E-state index < -0.39 is 0 Å². The summed E-state index contributed by atoms with van der Waals surface area (Å²) in [7, 11) is 0. The molecule has 2 nitrogen and oxygen atoms in total. The maximum absolute atomic E-state index is 6.13. The Kier molecular flexibility index (Phi) is 4.24. The second-order valence-electron chi connectivity index (χ2n) is 4.15. The summed E-state index contributed by atoms with van der Waals surface area (Å²) >= 11 is 6.13. The molecule has 18 heavy (non-hydrogen) atoms. The lowest BCUT2D eigenvalue weighted by atomic mass is 10.1. The van der Waals surface area contributed by atoms with Crippen molar-refractivity contribution in [1.29, 1.82) is 0 Å². The average molecular weight is 262 g/mol. The summed E-state index contributed by atoms with van der Waals surface area (Å²) in [5, 5.41) is 0.603. The van der Waals surface area contributed by atoms with Gasteiger partial charge in [-0.1, -0.05) is 48.0 Å². The summed E-state index contributed by atoms with van der Waals surface area (Å²) in [6.45, 7) is 2.99. The van der Waals surface area contributed by atoms with Gasteiger partial charge in [-0.2, -0.15) is 0 Å². The van der Waals surface area contributed by atoms with Crippen LogP contribution in [0.1, 0.15) is 16.7 Å². The largest absolute Gasteiger partial charge is 0.487 e. The maximum atomic E-state index is 6.13. The van der Waals surface area contributed by atoms with E-state index in [1.807, 2.05) is 36.4 Å². The van der Waals surface area contributed by atoms with Gasteiger partial charge in [0.15, 0.2) is 0 Å². The zero-order chi connectivity index (χ0) is 13.0. The Bertz CT molecular complexity index is 540. The number of rotatable bonds is 4. The zero-order valence-corrected chi connectivity index (χ0v) is 11.1. The molecule has 0 saturated carbocycles. The second kappa shape index (κ2) is 5.89. The first-order chi connectivity index (χ1) is 8.72. The van der Waals surface area contributed by atoms with Crippen LogP contribution in [0, 0.1) is 6.92 Å². The van der Waals surface area contributed by atoms with E-state index in [2.05, 4.69) is 13.0 Å². The molecular weight excluding hydrogens is 246 g/mol. The Morgan fingerprint density at radius 3 is 2.50 bits per heavy atom. The van der Waals surface area contributed by atoms with Gasteiger partial charge in [-0.25, -0.2) is 0 Å². The van der Waals surface area contributed by atoms with Crippen LogP contribution < -0.4 is 10.5 Å². The quantitative estimate of drug-likeness (QED) is 0.911. The summed E-state index contributed by atoms with van der Waals surface area (Å²) in [5.74, 6) is 0.685. The van der Waals surface area contributed by atoms with Crippen LogP contribution in [0.5, 0.6) is 5.75 Å². The molecule has 0 atom stereocenters. The van der Waals surface area contributed by atoms with Crippen LogP contribution in [0.25, 0.3) is 0 Å². The molecule has 2 rings (SSSR count). The van der Waals surface area contributed by atoms with Crippen molar-refractivity contribution in [2.24, 2.45) is 5.73 Å². The summed E-state index contributed by atoms with van der Waals surface area (Å²) in [5.41, 5.74) is 8.97. The summed E-state index contributed by atoms with van der Waals surface area (Å²) in [6.07, 6.45) is 0. The topological polar surface area (TPSA) is 35.2 Å². The average Bonchev–Trinajstić information content (AvgIpc) is 2.39. The maximum Gasteiger partial charge on any atom is 0.142 e. The first-order valence-electron chi connectivity index (χ1n) is 5.87. The third kappa shape index (κ3) is 2.84. The van der Waals surface area contributed by atoms with Crippen molar-refractivity contribution in [3.05, 3.63) is 64.2 Å². The molecule has 0 saturated heterocycles. The van der Waals surface area contributed by atoms with Gasteiger partial charge >= 0.3 is 0 Å². The van der Waals surface area contributed by atoms with E-state index in [0.29, 0.717) is 23.9 Å². The molecule has 3 heteroatoms. The Morgan fingerprint density at radius 2 is 1.78 bits per heavy atom. The van der Waals surface area contributed by atoms with Crippen LogP contribution in [-0.4, -0.2) is 0 Å². The van der Waals surface area contributed by atoms with Crippen LogP contribution in [0.15, 0.2) is 42.5 Å². The fourth-order valence-electron chi connectivity index (χ4n) is 1.80. The van der Waals surface area contributed by atoms with E-state index in [1.165, 1.54) is 5.56 Å². The van der Waals surface area contributed by atoms with Crippen molar-refractivity contribution in [3.63, 3.8) is 0 Å². The lowest BCUT2D eigenvalue weighted by Crippen LogP contribution is -2.04. The number of hydrogen-bond acceptors (Lipinski definition) is 2. The third-order valence-electron chi connectivity index (χ3n) is 2.90. The van der Waals surface area contributed by atoms with E-state index in [9.17, 15) is 0 Å². The molecule has 2 aromatic carbocycles. The van der Waals surface area contributed by atoms with Crippen molar-refractivity contribution in [1.82, 2.24) is 0 Å². The highest BCUT2D eigenvalue weighted by molar-refractivity contribution is 6.32. The number of halogens is 1. The minimum Gasteiger partial charge on any atom is -0.487 e. The van der Waals surface area contributed by atoms with E-state index in [1.54, 1.807) is 0 Å². The predicted octanol–water partition coefficient (Wildman–Crippen LogP) is 3.69. The molecule has 0 radical (unpaired) electrons. The highest BCUT2D eigenvalue weighted by Crippen LogP contribution is 2.29. The SMILES string of the molecule is Cc1ccccc1COc1c(Cl)cccc1CN. The minimum absolute atomic E-state index is 0.420. The van der Waals surface area contributed by atoms with Gasteiger partial charge < -0.3 is 10.5 Å². The van der Waals surface area contributed by atoms with Gasteiger partial charge in [0, 0.05) is 12.1 Å². The number of ether oxygens (including phenoxy) is 1. The van der Waals surface area contributed by atoms with Crippen LogP contribution in [-0.2, 0) is 13.2 Å². The third-order valence-corrected chi connectivity index (χ3v) is 3.20. The molecular formula is C15H16ClNO. The Labute approximate surface area is 112 Å². The second-order valence-corrected chi connectivity index (χ2v) is 4.55. The van der Waals surface area contributed by atoms with Gasteiger partial charge in [-0.05, 0) is 24.1 Å². The lowest BCUT2D eigenvalue weighted by Gasteiger charge is -2.13. The van der Waals surface area contributed by atoms with Gasteiger partial charge in [0.1, 0.15) is 12.4 Å². The standard InChI is InChI=1S/C15H16ClNO/c1-11-5-2-3-6-13(11)10-18-15-12(9-17)7-4-8-14(15)16/h2-8H,9-10,17H2,1H3. The molecule has 2 aromatic rings. The molecule has 0 spiro atoms. The van der Waals surface area contributed by atoms with E-state index in [0.717, 1.165) is 11.1 Å². The number of nitrogens with two attached hydrogens (primary N) is 1. The first-order valence-corrected chi connectivity index (χ1v) is 6.25. The van der Waals surface area contributed by atoms with Gasteiger partial charge in [-0.3, -0.25) is 0 Å². The summed E-state index contributed by atoms with van der Waals surface area (Å²) < 4.78 is 5.81. The van der Waals surface area contributed by atoms with Crippen LogP contribution >= 0.6 is 11.6 Å². The normalized spacial score (nSPS) is 10.4. The molecule has 0 aliphatic rings. The van der Waals surface area contributed by atoms with Gasteiger partial charge in [0.2, 0.25) is 0 Å². The molecule has 2 N–H and O–H groups in total. The first kappa shape index (κ1) is 12.9. The molecule has 0 aliphatic heterocycles. The van der Waals surface area contributed by atoms with Crippen molar-refractivity contribution in [3.8, 4) is 5.75 Å². The minimum atomic E-state index is 0.420. The molecule has 0 amide bonds. The van der Waals surface area contributed by atoms with Crippen LogP contribution in [0.4, 0.5) is 0 Å². The Balaban J connectivity index is 2.18. The van der Waals surface area contributed by atoms with Gasteiger partial charge in [-0.15, -0.1) is 0 Å². The zero-order valence-electron chi connectivity index (χ0n) is 10.3. The lowest BCUT2D eigenvalue weighted by molar-refractivity contribution is 0.302. The van der Waals surface area contributed by atoms with E-state index >= 15 is 0 Å². The fraction of sp³-hybridized carbons (Fsp3) is 0.200. The molecule has 94 valence electrons. The monoisotopic (exact) mass is 261 g/mol. The Hall–Kier alpha value is -1.51. The number of aryl methyl sites for hydroxylation is 1. The molecule has 0 aromatic heterocycles. The highest BCUT2D eigenvalue weighted by Gasteiger charge is 2.08. The number of benzene rings is 2. The fourth-order valence-corrected chi connectivity index (χ4v) is 2.05. The molecule has 0 fully saturated rings. The Morgan fingerprint density at radius 1 is 1.06 bits per heavy atom. The van der Waals surface area contributed by atoms with Crippen LogP contribution in [0.3, 0.4) is 0 Å². The summed E-state index contributed by atoms with van der Waals surface area (Å²) in [6, 6.07) is 13.8. The van der Waals surface area contributed by atoms with E-state index in [4.69, 9.17) is 22.1 Å². The van der Waals surface area contributed by atoms with Crippen LogP contribution in [0.2, 0.25) is 5.02 Å². The molecule has 0 bridgehead atoms. The van der Waals surface area contributed by atoms with Crippen molar-refractivity contribution in [2.75, 3.05) is 0 Å². The highest BCUT2D eigenvalue weighted by atomic mass is 35.5. The van der Waals surface area contributed by atoms with E-state index in [-0.39, 0.29) is 0 Å². The van der Waals surface area contributed by atoms with Crippen molar-refractivity contribution < 1.29 is 4.74 Å². The number of para-hydroxylation sites is 1. The summed E-state index contributed by atoms with van der Waals surface area (Å²) in [4.78, 5) is 0. The molecule has 0 aliphatic carbocycles. The smallest absolute Gasteiger partial charge is 0.142 e. The van der Waals surface area contributed by atoms with Crippen molar-refractivity contribution >= 4 is 11.6 Å². The van der Waals surface area contributed by atoms with Crippen molar-refractivity contribution in [2.45, 2.75) is 20.1 Å². The number of hydrogen-bond donors (Lipinski definition) is 1. The van der Waals surface area contributed by atoms with Gasteiger partial charge in [0.25, 0.3) is 0 Å². The van der Waals surface area contributed by atoms with Gasteiger partial charge in [0.05, 0.1) is 5.02 Å². The molecule has 0 heterocycles.